The molecule has 2 rings (SSSR count). The van der Waals surface area contributed by atoms with Gasteiger partial charge >= 0.3 is 5.97 Å². The van der Waals surface area contributed by atoms with Crippen LogP contribution in [0.1, 0.15) is 20.7 Å². The topological polar surface area (TPSA) is 99.1 Å². The lowest BCUT2D eigenvalue weighted by atomic mass is 10.1. The molecule has 7 nitrogen and oxygen atoms in total. The van der Waals surface area contributed by atoms with Crippen molar-refractivity contribution < 1.29 is 24.3 Å². The first-order chi connectivity index (χ1) is 11.4. The smallest absolute Gasteiger partial charge is 0.338 e. The summed E-state index contributed by atoms with van der Waals surface area (Å²) in [5, 5.41) is 19.7. The van der Waals surface area contributed by atoms with Crippen LogP contribution in [0.15, 0.2) is 46.9 Å². The van der Waals surface area contributed by atoms with Crippen LogP contribution in [0.2, 0.25) is 0 Å². The van der Waals surface area contributed by atoms with Gasteiger partial charge in [-0.2, -0.15) is 0 Å². The predicted octanol–water partition coefficient (Wildman–Crippen LogP) is 3.19. The Labute approximate surface area is 146 Å². The zero-order chi connectivity index (χ0) is 17.7. The van der Waals surface area contributed by atoms with Crippen molar-refractivity contribution in [2.75, 3.05) is 18.9 Å². The van der Waals surface area contributed by atoms with Crippen LogP contribution in [0, 0.1) is 5.21 Å². The molecule has 0 saturated carbocycles. The maximum Gasteiger partial charge on any atom is 0.338 e. The number of esters is 1. The van der Waals surface area contributed by atoms with Gasteiger partial charge in [-0.05, 0) is 42.5 Å². The average Bonchev–Trinajstić information content (AvgIpc) is 2.59. The van der Waals surface area contributed by atoms with Crippen molar-refractivity contribution in [2.45, 2.75) is 0 Å². The summed E-state index contributed by atoms with van der Waals surface area (Å²) in [5.41, 5.74) is 0.189. The molecule has 24 heavy (non-hydrogen) atoms. The highest BCUT2D eigenvalue weighted by molar-refractivity contribution is 9.10. The molecule has 2 aromatic rings. The summed E-state index contributed by atoms with van der Waals surface area (Å²) >= 11 is 3.25. The van der Waals surface area contributed by atoms with E-state index in [1.54, 1.807) is 24.3 Å². The lowest BCUT2D eigenvalue weighted by Crippen LogP contribution is -2.15. The minimum absolute atomic E-state index is 0.101. The fraction of sp³-hybridized carbons (Fsp3) is 0.125. The highest BCUT2D eigenvalue weighted by atomic mass is 79.9. The normalized spacial score (nSPS) is 10.2. The van der Waals surface area contributed by atoms with Crippen molar-refractivity contribution in [3.63, 3.8) is 0 Å². The monoisotopic (exact) mass is 394 g/mol. The first-order valence-electron chi connectivity index (χ1n) is 6.72. The molecule has 0 saturated heterocycles. The predicted molar refractivity (Wildman–Crippen MR) is 89.4 cm³/mol. The SMILES string of the molecule is COc1ccc(C(=O)COC(=O)c2ccc(Br)cc2)cc1N([O-])O. The summed E-state index contributed by atoms with van der Waals surface area (Å²) in [6, 6.07) is 10.4. The number of rotatable bonds is 6. The van der Waals surface area contributed by atoms with Gasteiger partial charge < -0.3 is 19.9 Å². The van der Waals surface area contributed by atoms with Gasteiger partial charge in [0, 0.05) is 10.0 Å². The lowest BCUT2D eigenvalue weighted by molar-refractivity contribution is 0.0474. The minimum Gasteiger partial charge on any atom is -0.733 e. The Balaban J connectivity index is 2.06. The summed E-state index contributed by atoms with van der Waals surface area (Å²) in [5.74, 6) is -1.06. The maximum atomic E-state index is 12.1. The van der Waals surface area contributed by atoms with Crippen molar-refractivity contribution >= 4 is 33.4 Å². The van der Waals surface area contributed by atoms with E-state index >= 15 is 0 Å². The van der Waals surface area contributed by atoms with Gasteiger partial charge in [-0.15, -0.1) is 0 Å². The van der Waals surface area contributed by atoms with Gasteiger partial charge in [0.05, 0.1) is 18.4 Å². The van der Waals surface area contributed by atoms with Crippen LogP contribution >= 0.6 is 15.9 Å². The molecule has 1 N–H and O–H groups in total. The number of methoxy groups -OCH3 is 1. The van der Waals surface area contributed by atoms with Crippen molar-refractivity contribution in [1.29, 1.82) is 0 Å². The van der Waals surface area contributed by atoms with Crippen molar-refractivity contribution in [3.05, 3.63) is 63.3 Å². The fourth-order valence-electron chi connectivity index (χ4n) is 1.90. The zero-order valence-electron chi connectivity index (χ0n) is 12.6. The number of ether oxygens (including phenoxy) is 2. The number of anilines is 1. The van der Waals surface area contributed by atoms with Gasteiger partial charge in [-0.3, -0.25) is 10.0 Å². The molecule has 0 aliphatic heterocycles. The Morgan fingerprint density at radius 2 is 1.79 bits per heavy atom. The largest absolute Gasteiger partial charge is 0.733 e. The number of hydrogen-bond donors (Lipinski definition) is 1. The van der Waals surface area contributed by atoms with Crippen molar-refractivity contribution in [3.8, 4) is 5.75 Å². The van der Waals surface area contributed by atoms with Crippen LogP contribution in [-0.4, -0.2) is 30.7 Å². The third-order valence-corrected chi connectivity index (χ3v) is 3.65. The average molecular weight is 395 g/mol. The Morgan fingerprint density at radius 3 is 2.38 bits per heavy atom. The molecule has 0 radical (unpaired) electrons. The van der Waals surface area contributed by atoms with E-state index in [1.165, 1.54) is 19.2 Å². The second kappa shape index (κ2) is 7.91. The molecule has 0 aromatic heterocycles. The number of halogens is 1. The molecule has 0 bridgehead atoms. The van der Waals surface area contributed by atoms with Gasteiger partial charge in [0.1, 0.15) is 5.75 Å². The van der Waals surface area contributed by atoms with Crippen LogP contribution in [0.25, 0.3) is 0 Å². The number of hydrogen-bond acceptors (Lipinski definition) is 7. The van der Waals surface area contributed by atoms with Gasteiger partial charge in [-0.25, -0.2) is 4.79 Å². The standard InChI is InChI=1S/C16H13BrNO6/c1-23-15-7-4-11(8-13(15)18(21)22)14(19)9-24-16(20)10-2-5-12(17)6-3-10/h2-8,21H,9H2,1H3/q-1. The number of ketones is 1. The number of carbonyl (C=O) groups is 2. The molecule has 2 aromatic carbocycles. The second-order valence-electron chi connectivity index (χ2n) is 4.67. The van der Waals surface area contributed by atoms with E-state index in [4.69, 9.17) is 14.7 Å². The van der Waals surface area contributed by atoms with E-state index in [-0.39, 0.29) is 17.0 Å². The van der Waals surface area contributed by atoms with Gasteiger partial charge in [0.15, 0.2) is 12.4 Å². The molecule has 0 aliphatic rings. The number of benzene rings is 2. The summed E-state index contributed by atoms with van der Waals surface area (Å²) in [6.07, 6.45) is 0. The summed E-state index contributed by atoms with van der Waals surface area (Å²) < 4.78 is 10.7. The van der Waals surface area contributed by atoms with E-state index in [2.05, 4.69) is 15.9 Å². The van der Waals surface area contributed by atoms with Crippen LogP contribution < -0.4 is 9.96 Å². The summed E-state index contributed by atoms with van der Waals surface area (Å²) in [6.45, 7) is -0.495. The van der Waals surface area contributed by atoms with Crippen LogP contribution in [0.5, 0.6) is 5.75 Å². The first-order valence-corrected chi connectivity index (χ1v) is 7.51. The Kier molecular flexibility index (Phi) is 5.91. The maximum absolute atomic E-state index is 12.1. The first kappa shape index (κ1) is 17.9. The van der Waals surface area contributed by atoms with Gasteiger partial charge in [-0.1, -0.05) is 15.9 Å². The van der Waals surface area contributed by atoms with Gasteiger partial charge in [0.2, 0.25) is 0 Å². The quantitative estimate of drug-likeness (QED) is 0.456. The molecule has 0 aliphatic carbocycles. The molecular weight excluding hydrogens is 382 g/mol. The summed E-state index contributed by atoms with van der Waals surface area (Å²) in [4.78, 5) is 23.9. The summed E-state index contributed by atoms with van der Waals surface area (Å²) in [7, 11) is 1.32. The van der Waals surface area contributed by atoms with E-state index in [1.807, 2.05) is 0 Å². The van der Waals surface area contributed by atoms with E-state index in [0.29, 0.717) is 5.56 Å². The second-order valence-corrected chi connectivity index (χ2v) is 5.58. The molecule has 8 heteroatoms. The van der Waals surface area contributed by atoms with E-state index in [0.717, 1.165) is 10.5 Å². The Bertz CT molecular complexity index is 745. The Morgan fingerprint density at radius 1 is 1.17 bits per heavy atom. The molecule has 0 heterocycles. The number of carbonyl (C=O) groups excluding carboxylic acids is 2. The number of nitrogens with zero attached hydrogens (tertiary/aromatic N) is 1. The number of Topliss-reactive ketones (excluding diaryl/α,β-unsaturated/α-hetero) is 1. The highest BCUT2D eigenvalue weighted by Gasteiger charge is 2.14. The van der Waals surface area contributed by atoms with Crippen molar-refractivity contribution in [2.24, 2.45) is 0 Å². The molecule has 126 valence electrons. The Hall–Kier alpha value is -2.42. The fourth-order valence-corrected chi connectivity index (χ4v) is 2.16. The molecule has 0 amide bonds. The highest BCUT2D eigenvalue weighted by Crippen LogP contribution is 2.28. The third-order valence-electron chi connectivity index (χ3n) is 3.12. The van der Waals surface area contributed by atoms with Crippen LogP contribution in [0.4, 0.5) is 5.69 Å². The molecule has 0 spiro atoms. The van der Waals surface area contributed by atoms with E-state index in [9.17, 15) is 14.8 Å². The molecular formula is C16H13BrNO6-. The van der Waals surface area contributed by atoms with Crippen LogP contribution in [-0.2, 0) is 4.74 Å². The lowest BCUT2D eigenvalue weighted by Gasteiger charge is -2.24. The minimum atomic E-state index is -0.641. The van der Waals surface area contributed by atoms with E-state index < -0.39 is 23.6 Å². The molecule has 0 fully saturated rings. The van der Waals surface area contributed by atoms with Gasteiger partial charge in [0.25, 0.3) is 0 Å². The molecule has 0 unspecified atom stereocenters. The van der Waals surface area contributed by atoms with Crippen molar-refractivity contribution in [1.82, 2.24) is 0 Å². The third kappa shape index (κ3) is 4.31. The zero-order valence-corrected chi connectivity index (χ0v) is 14.1. The van der Waals surface area contributed by atoms with Crippen LogP contribution in [0.3, 0.4) is 0 Å². The molecule has 0 atom stereocenters.